The van der Waals surface area contributed by atoms with E-state index in [0.29, 0.717) is 24.7 Å². The molecule has 3 N–H and O–H groups in total. The Morgan fingerprint density at radius 3 is 2.31 bits per heavy atom. The molecule has 32 heavy (non-hydrogen) atoms. The van der Waals surface area contributed by atoms with E-state index in [1.165, 1.54) is 31.5 Å². The summed E-state index contributed by atoms with van der Waals surface area (Å²) in [4.78, 5) is 7.18. The standard InChI is InChI=1S/C23H33N5O2S.HI/c1-3-24-23(26-17-21-8-4-5-9-22(21)27-31(2,29)30)25-16-19-10-12-20(13-11-19)18-28-14-6-7-15-28;/h4-5,8-13,27H,3,6-7,14-18H2,1-2H3,(H2,24,25,26);1H. The molecule has 3 rings (SSSR count). The van der Waals surface area contributed by atoms with Crippen molar-refractivity contribution < 1.29 is 8.42 Å². The van der Waals surface area contributed by atoms with Gasteiger partial charge in [0, 0.05) is 19.6 Å². The van der Waals surface area contributed by atoms with Crippen molar-refractivity contribution in [2.24, 2.45) is 4.99 Å². The van der Waals surface area contributed by atoms with E-state index in [1.54, 1.807) is 6.07 Å². The Labute approximate surface area is 209 Å². The number of anilines is 1. The average molecular weight is 572 g/mol. The number of nitrogens with one attached hydrogen (secondary N) is 3. The number of aliphatic imine (C=N–C) groups is 1. The van der Waals surface area contributed by atoms with Crippen molar-refractivity contribution in [3.63, 3.8) is 0 Å². The first kappa shape index (κ1) is 26.4. The highest BCUT2D eigenvalue weighted by molar-refractivity contribution is 14.0. The molecule has 0 unspecified atom stereocenters. The van der Waals surface area contributed by atoms with Crippen LogP contribution >= 0.6 is 24.0 Å². The molecule has 0 radical (unpaired) electrons. The van der Waals surface area contributed by atoms with Crippen LogP contribution in [0.2, 0.25) is 0 Å². The Balaban J connectivity index is 0.00000363. The summed E-state index contributed by atoms with van der Waals surface area (Å²) in [6, 6.07) is 16.0. The Kier molecular flexibility index (Phi) is 10.7. The maximum atomic E-state index is 11.6. The van der Waals surface area contributed by atoms with Gasteiger partial charge in [-0.1, -0.05) is 42.5 Å². The third-order valence-corrected chi connectivity index (χ3v) is 5.74. The van der Waals surface area contributed by atoms with Gasteiger partial charge in [-0.3, -0.25) is 9.62 Å². The van der Waals surface area contributed by atoms with Gasteiger partial charge in [-0.2, -0.15) is 0 Å². The SMILES string of the molecule is CCNC(=NCc1ccc(CN2CCCC2)cc1)NCc1ccccc1NS(C)(=O)=O.I. The van der Waals surface area contributed by atoms with Crippen LogP contribution in [-0.2, 0) is 29.7 Å². The second kappa shape index (κ2) is 13.0. The Morgan fingerprint density at radius 2 is 1.66 bits per heavy atom. The number of benzene rings is 2. The van der Waals surface area contributed by atoms with Crippen LogP contribution in [0.3, 0.4) is 0 Å². The highest BCUT2D eigenvalue weighted by atomic mass is 127. The van der Waals surface area contributed by atoms with Crippen molar-refractivity contribution in [1.82, 2.24) is 15.5 Å². The van der Waals surface area contributed by atoms with E-state index in [9.17, 15) is 8.42 Å². The van der Waals surface area contributed by atoms with Crippen LogP contribution < -0.4 is 15.4 Å². The average Bonchev–Trinajstić information content (AvgIpc) is 3.24. The molecule has 0 atom stereocenters. The fourth-order valence-corrected chi connectivity index (χ4v) is 4.21. The van der Waals surface area contributed by atoms with Crippen LogP contribution in [0.1, 0.15) is 36.5 Å². The maximum Gasteiger partial charge on any atom is 0.229 e. The molecule has 176 valence electrons. The number of likely N-dealkylation sites (tertiary alicyclic amines) is 1. The summed E-state index contributed by atoms with van der Waals surface area (Å²) in [5.74, 6) is 0.692. The third-order valence-electron chi connectivity index (χ3n) is 5.15. The minimum absolute atomic E-state index is 0. The van der Waals surface area contributed by atoms with Crippen molar-refractivity contribution in [3.05, 3.63) is 65.2 Å². The number of para-hydroxylation sites is 1. The first-order valence-corrected chi connectivity index (χ1v) is 12.7. The van der Waals surface area contributed by atoms with Gasteiger partial charge in [0.15, 0.2) is 5.96 Å². The summed E-state index contributed by atoms with van der Waals surface area (Å²) in [6.07, 6.45) is 3.77. The quantitative estimate of drug-likeness (QED) is 0.244. The smallest absolute Gasteiger partial charge is 0.229 e. The number of rotatable bonds is 9. The van der Waals surface area contributed by atoms with Crippen LogP contribution in [0.15, 0.2) is 53.5 Å². The molecule has 0 aliphatic carbocycles. The molecule has 9 heteroatoms. The van der Waals surface area contributed by atoms with Crippen LogP contribution in [-0.4, -0.2) is 45.2 Å². The van der Waals surface area contributed by atoms with E-state index in [4.69, 9.17) is 0 Å². The van der Waals surface area contributed by atoms with E-state index in [2.05, 4.69) is 49.5 Å². The van der Waals surface area contributed by atoms with Crippen LogP contribution in [0.4, 0.5) is 5.69 Å². The van der Waals surface area contributed by atoms with Gasteiger partial charge in [0.05, 0.1) is 18.5 Å². The summed E-state index contributed by atoms with van der Waals surface area (Å²) >= 11 is 0. The molecule has 0 bridgehead atoms. The predicted octanol–water partition coefficient (Wildman–Crippen LogP) is 3.53. The van der Waals surface area contributed by atoms with Gasteiger partial charge >= 0.3 is 0 Å². The molecule has 0 amide bonds. The number of halogens is 1. The second-order valence-corrected chi connectivity index (χ2v) is 9.63. The molecule has 1 heterocycles. The molecule has 0 aromatic heterocycles. The molecular formula is C23H34IN5O2S. The highest BCUT2D eigenvalue weighted by Gasteiger charge is 2.11. The van der Waals surface area contributed by atoms with E-state index < -0.39 is 10.0 Å². The molecule has 1 saturated heterocycles. The van der Waals surface area contributed by atoms with Crippen LogP contribution in [0.25, 0.3) is 0 Å². The lowest BCUT2D eigenvalue weighted by molar-refractivity contribution is 0.331. The topological polar surface area (TPSA) is 85.8 Å². The monoisotopic (exact) mass is 571 g/mol. The van der Waals surface area contributed by atoms with Crippen LogP contribution in [0, 0.1) is 0 Å². The Bertz CT molecular complexity index is 974. The summed E-state index contributed by atoms with van der Waals surface area (Å²) in [6.45, 7) is 7.21. The van der Waals surface area contributed by atoms with E-state index >= 15 is 0 Å². The normalized spacial score (nSPS) is 14.6. The van der Waals surface area contributed by atoms with Crippen molar-refractivity contribution in [3.8, 4) is 0 Å². The lowest BCUT2D eigenvalue weighted by Gasteiger charge is -2.15. The van der Waals surface area contributed by atoms with Crippen molar-refractivity contribution >= 4 is 45.6 Å². The van der Waals surface area contributed by atoms with Gasteiger partial charge in [-0.15, -0.1) is 24.0 Å². The number of guanidine groups is 1. The van der Waals surface area contributed by atoms with E-state index in [1.807, 2.05) is 25.1 Å². The fraction of sp³-hybridized carbons (Fsp3) is 0.435. The van der Waals surface area contributed by atoms with Gasteiger partial charge in [-0.05, 0) is 55.6 Å². The summed E-state index contributed by atoms with van der Waals surface area (Å²) < 4.78 is 25.8. The third kappa shape index (κ3) is 8.95. The zero-order valence-electron chi connectivity index (χ0n) is 18.8. The fourth-order valence-electron chi connectivity index (χ4n) is 3.61. The molecular weight excluding hydrogens is 537 g/mol. The molecule has 1 aliphatic rings. The summed E-state index contributed by atoms with van der Waals surface area (Å²) in [5.41, 5.74) is 3.92. The first-order valence-electron chi connectivity index (χ1n) is 10.8. The zero-order chi connectivity index (χ0) is 22.1. The molecule has 1 fully saturated rings. The zero-order valence-corrected chi connectivity index (χ0v) is 21.9. The lowest BCUT2D eigenvalue weighted by atomic mass is 10.1. The lowest BCUT2D eigenvalue weighted by Crippen LogP contribution is -2.37. The van der Waals surface area contributed by atoms with Gasteiger partial charge < -0.3 is 10.6 Å². The maximum absolute atomic E-state index is 11.6. The van der Waals surface area contributed by atoms with Gasteiger partial charge in [0.2, 0.25) is 10.0 Å². The second-order valence-electron chi connectivity index (χ2n) is 7.88. The number of nitrogens with zero attached hydrogens (tertiary/aromatic N) is 2. The molecule has 1 aliphatic heterocycles. The largest absolute Gasteiger partial charge is 0.357 e. The predicted molar refractivity (Wildman–Crippen MR) is 143 cm³/mol. The molecule has 2 aromatic rings. The van der Waals surface area contributed by atoms with Gasteiger partial charge in [0.25, 0.3) is 0 Å². The van der Waals surface area contributed by atoms with Crippen molar-refractivity contribution in [2.75, 3.05) is 30.6 Å². The molecule has 0 saturated carbocycles. The minimum Gasteiger partial charge on any atom is -0.357 e. The van der Waals surface area contributed by atoms with E-state index in [-0.39, 0.29) is 24.0 Å². The van der Waals surface area contributed by atoms with Crippen molar-refractivity contribution in [2.45, 2.75) is 39.4 Å². The molecule has 2 aromatic carbocycles. The summed E-state index contributed by atoms with van der Waals surface area (Å²) in [7, 11) is -3.33. The Morgan fingerprint density at radius 1 is 1.00 bits per heavy atom. The summed E-state index contributed by atoms with van der Waals surface area (Å²) in [5, 5.41) is 6.53. The van der Waals surface area contributed by atoms with E-state index in [0.717, 1.165) is 30.5 Å². The van der Waals surface area contributed by atoms with Crippen molar-refractivity contribution in [1.29, 1.82) is 0 Å². The first-order chi connectivity index (χ1) is 14.9. The van der Waals surface area contributed by atoms with Gasteiger partial charge in [0.1, 0.15) is 0 Å². The number of sulfonamides is 1. The number of hydrogen-bond donors (Lipinski definition) is 3. The molecule has 0 spiro atoms. The molecule has 7 nitrogen and oxygen atoms in total. The number of hydrogen-bond acceptors (Lipinski definition) is 4. The minimum atomic E-state index is -3.33. The van der Waals surface area contributed by atoms with Gasteiger partial charge in [-0.25, -0.2) is 13.4 Å². The Hall–Kier alpha value is -1.85. The highest BCUT2D eigenvalue weighted by Crippen LogP contribution is 2.16. The van der Waals surface area contributed by atoms with Crippen LogP contribution in [0.5, 0.6) is 0 Å².